The van der Waals surface area contributed by atoms with Gasteiger partial charge in [0.2, 0.25) is 0 Å². The molecule has 0 aromatic carbocycles. The van der Waals surface area contributed by atoms with Crippen LogP contribution in [0.25, 0.3) is 0 Å². The van der Waals surface area contributed by atoms with E-state index in [1.807, 2.05) is 27.1 Å². The molecule has 4 heteroatoms. The molecule has 1 aliphatic rings. The first kappa shape index (κ1) is 24.5. The van der Waals surface area contributed by atoms with E-state index in [1.54, 1.807) is 20.1 Å². The maximum atomic E-state index is 12.9. The van der Waals surface area contributed by atoms with E-state index in [-0.39, 0.29) is 17.7 Å². The standard InChI is InChI=1S/C24H40N2O2/c1-8-26-12-11-19(13-17(2)3)10-9-18(4)22-16-21(25-7)14-20(15-23(22)27)24(5,6)28/h8-9,11-12,16-17,19-21,25,28H,10,13-15H2,1-7H3/b12-11-,18-9-,26-8-. The van der Waals surface area contributed by atoms with E-state index in [1.165, 1.54) is 0 Å². The number of carbonyl (C=O) groups excluding carboxylic acids is 1. The second kappa shape index (κ2) is 11.5. The highest BCUT2D eigenvalue weighted by Gasteiger charge is 2.34. The maximum absolute atomic E-state index is 12.9. The molecule has 1 aliphatic carbocycles. The van der Waals surface area contributed by atoms with Crippen LogP contribution in [0.4, 0.5) is 0 Å². The Bertz CT molecular complexity index is 621. The fourth-order valence-electron chi connectivity index (χ4n) is 3.73. The number of nitrogens with one attached hydrogen (secondary N) is 1. The number of hydrogen-bond acceptors (Lipinski definition) is 4. The highest BCUT2D eigenvalue weighted by Crippen LogP contribution is 2.32. The number of ketones is 1. The monoisotopic (exact) mass is 388 g/mol. The van der Waals surface area contributed by atoms with Crippen LogP contribution in [0.15, 0.2) is 40.6 Å². The predicted molar refractivity (Wildman–Crippen MR) is 120 cm³/mol. The molecule has 2 N–H and O–H groups in total. The lowest BCUT2D eigenvalue weighted by Gasteiger charge is -2.29. The lowest BCUT2D eigenvalue weighted by molar-refractivity contribution is -0.118. The van der Waals surface area contributed by atoms with Crippen molar-refractivity contribution < 1.29 is 9.90 Å². The van der Waals surface area contributed by atoms with Crippen LogP contribution in [0.2, 0.25) is 0 Å². The summed E-state index contributed by atoms with van der Waals surface area (Å²) in [6.07, 6.45) is 13.2. The topological polar surface area (TPSA) is 61.7 Å². The van der Waals surface area contributed by atoms with E-state index < -0.39 is 5.60 Å². The molecule has 158 valence electrons. The first-order valence-electron chi connectivity index (χ1n) is 10.5. The van der Waals surface area contributed by atoms with Crippen molar-refractivity contribution in [1.29, 1.82) is 0 Å². The van der Waals surface area contributed by atoms with Gasteiger partial charge >= 0.3 is 0 Å². The molecule has 0 radical (unpaired) electrons. The van der Waals surface area contributed by atoms with Gasteiger partial charge in [-0.15, -0.1) is 0 Å². The number of Topliss-reactive ketones (excluding diaryl/α,β-unsaturated/α-hetero) is 1. The lowest BCUT2D eigenvalue weighted by atomic mass is 9.83. The van der Waals surface area contributed by atoms with Crippen molar-refractivity contribution in [2.75, 3.05) is 7.05 Å². The first-order valence-corrected chi connectivity index (χ1v) is 10.5. The highest BCUT2D eigenvalue weighted by atomic mass is 16.3. The largest absolute Gasteiger partial charge is 0.390 e. The maximum Gasteiger partial charge on any atom is 0.163 e. The zero-order chi connectivity index (χ0) is 21.3. The van der Waals surface area contributed by atoms with Gasteiger partial charge in [-0.2, -0.15) is 0 Å². The zero-order valence-corrected chi connectivity index (χ0v) is 18.8. The van der Waals surface area contributed by atoms with Gasteiger partial charge < -0.3 is 10.4 Å². The van der Waals surface area contributed by atoms with Crippen LogP contribution in [0.5, 0.6) is 0 Å². The first-order chi connectivity index (χ1) is 13.1. The SMILES string of the molecule is C/C=N\C=C/C(C/C=C(/C)C1=CC(NC)CC(C(C)(C)O)CC1=O)CC(C)C. The number of aliphatic imine (C=N–C) groups is 1. The molecule has 3 atom stereocenters. The Balaban J connectivity index is 3.01. The minimum atomic E-state index is -0.862. The normalized spacial score (nSPS) is 23.5. The average Bonchev–Trinajstić information content (AvgIpc) is 2.77. The summed E-state index contributed by atoms with van der Waals surface area (Å²) in [5, 5.41) is 13.7. The molecule has 3 unspecified atom stereocenters. The zero-order valence-electron chi connectivity index (χ0n) is 18.8. The molecule has 0 bridgehead atoms. The van der Waals surface area contributed by atoms with Crippen LogP contribution in [0.1, 0.15) is 67.2 Å². The van der Waals surface area contributed by atoms with Crippen LogP contribution in [0, 0.1) is 17.8 Å². The summed E-state index contributed by atoms with van der Waals surface area (Å²) in [6, 6.07) is 0.0893. The third-order valence-electron chi connectivity index (χ3n) is 5.53. The van der Waals surface area contributed by atoms with Gasteiger partial charge in [-0.25, -0.2) is 0 Å². The summed E-state index contributed by atoms with van der Waals surface area (Å²) < 4.78 is 0. The van der Waals surface area contributed by atoms with Crippen molar-refractivity contribution in [2.24, 2.45) is 22.7 Å². The minimum Gasteiger partial charge on any atom is -0.390 e. The molecule has 4 nitrogen and oxygen atoms in total. The minimum absolute atomic E-state index is 0.0532. The molecule has 0 saturated carbocycles. The summed E-state index contributed by atoms with van der Waals surface area (Å²) in [5.74, 6) is 1.09. The van der Waals surface area contributed by atoms with Gasteiger partial charge in [0.15, 0.2) is 5.78 Å². The Morgan fingerprint density at radius 1 is 1.43 bits per heavy atom. The fraction of sp³-hybridized carbons (Fsp3) is 0.667. The Kier molecular flexibility index (Phi) is 10.0. The summed E-state index contributed by atoms with van der Waals surface area (Å²) >= 11 is 0. The lowest BCUT2D eigenvalue weighted by Crippen LogP contribution is -2.36. The van der Waals surface area contributed by atoms with Crippen molar-refractivity contribution >= 4 is 12.0 Å². The Hall–Kier alpha value is -1.52. The van der Waals surface area contributed by atoms with Gasteiger partial charge in [0.05, 0.1) is 5.60 Å². The number of allylic oxidation sites excluding steroid dienone is 4. The number of nitrogens with zero attached hydrogens (tertiary/aromatic N) is 1. The van der Waals surface area contributed by atoms with E-state index in [9.17, 15) is 9.90 Å². The van der Waals surface area contributed by atoms with E-state index in [0.717, 1.165) is 30.4 Å². The molecular formula is C24H40N2O2. The molecule has 0 aromatic rings. The predicted octanol–water partition coefficient (Wildman–Crippen LogP) is 4.85. The molecule has 0 aliphatic heterocycles. The Morgan fingerprint density at radius 2 is 2.11 bits per heavy atom. The van der Waals surface area contributed by atoms with Crippen molar-refractivity contribution in [1.82, 2.24) is 5.32 Å². The van der Waals surface area contributed by atoms with E-state index in [0.29, 0.717) is 18.3 Å². The van der Waals surface area contributed by atoms with Gasteiger partial charge in [-0.1, -0.05) is 32.1 Å². The molecule has 0 fully saturated rings. The molecule has 1 rings (SSSR count). The van der Waals surface area contributed by atoms with Crippen molar-refractivity contribution in [3.63, 3.8) is 0 Å². The molecule has 0 saturated heterocycles. The van der Waals surface area contributed by atoms with Gasteiger partial charge in [0.25, 0.3) is 0 Å². The van der Waals surface area contributed by atoms with Gasteiger partial charge in [0.1, 0.15) is 0 Å². The van der Waals surface area contributed by atoms with E-state index in [2.05, 4.69) is 42.4 Å². The van der Waals surface area contributed by atoms with Crippen LogP contribution in [-0.2, 0) is 4.79 Å². The van der Waals surface area contributed by atoms with E-state index in [4.69, 9.17) is 0 Å². The third-order valence-corrected chi connectivity index (χ3v) is 5.53. The van der Waals surface area contributed by atoms with Gasteiger partial charge in [0, 0.05) is 30.5 Å². The van der Waals surface area contributed by atoms with Crippen molar-refractivity contribution in [3.8, 4) is 0 Å². The van der Waals surface area contributed by atoms with Gasteiger partial charge in [-0.05, 0) is 77.3 Å². The molecular weight excluding hydrogens is 348 g/mol. The number of carbonyl (C=O) groups is 1. The highest BCUT2D eigenvalue weighted by molar-refractivity contribution is 6.00. The number of likely N-dealkylation sites (N-methyl/N-ethyl adjacent to an activating group) is 1. The van der Waals surface area contributed by atoms with Crippen LogP contribution < -0.4 is 5.32 Å². The number of hydrogen-bond donors (Lipinski definition) is 2. The summed E-state index contributed by atoms with van der Waals surface area (Å²) in [5.41, 5.74) is 0.964. The molecule has 0 aromatic heterocycles. The average molecular weight is 389 g/mol. The molecule has 28 heavy (non-hydrogen) atoms. The van der Waals surface area contributed by atoms with Crippen LogP contribution in [-0.4, -0.2) is 35.8 Å². The second-order valence-corrected chi connectivity index (χ2v) is 8.95. The van der Waals surface area contributed by atoms with Crippen molar-refractivity contribution in [3.05, 3.63) is 35.6 Å². The second-order valence-electron chi connectivity index (χ2n) is 8.95. The summed E-state index contributed by atoms with van der Waals surface area (Å²) in [4.78, 5) is 17.1. The summed E-state index contributed by atoms with van der Waals surface area (Å²) in [6.45, 7) is 12.0. The number of aliphatic hydroxyl groups is 1. The smallest absolute Gasteiger partial charge is 0.163 e. The van der Waals surface area contributed by atoms with Crippen molar-refractivity contribution in [2.45, 2.75) is 78.9 Å². The van der Waals surface area contributed by atoms with Crippen LogP contribution >= 0.6 is 0 Å². The molecule has 0 heterocycles. The Morgan fingerprint density at radius 3 is 2.64 bits per heavy atom. The Labute approximate surface area is 171 Å². The molecule has 0 amide bonds. The summed E-state index contributed by atoms with van der Waals surface area (Å²) in [7, 11) is 1.91. The molecule has 0 spiro atoms. The third kappa shape index (κ3) is 8.24. The number of rotatable bonds is 9. The van der Waals surface area contributed by atoms with Crippen LogP contribution in [0.3, 0.4) is 0 Å². The van der Waals surface area contributed by atoms with Gasteiger partial charge in [-0.3, -0.25) is 9.79 Å². The van der Waals surface area contributed by atoms with E-state index >= 15 is 0 Å². The quantitative estimate of drug-likeness (QED) is 0.555. The fourth-order valence-corrected chi connectivity index (χ4v) is 3.73.